The van der Waals surface area contributed by atoms with Gasteiger partial charge in [-0.15, -0.1) is 0 Å². The number of rotatable bonds is 4. The van der Waals surface area contributed by atoms with E-state index in [1.807, 2.05) is 10.6 Å². The van der Waals surface area contributed by atoms with Crippen LogP contribution in [0.4, 0.5) is 10.1 Å². The molecule has 3 rings (SSSR count). The molecule has 0 aliphatic rings. The molecule has 4 nitrogen and oxygen atoms in total. The van der Waals surface area contributed by atoms with Crippen molar-refractivity contribution in [2.24, 2.45) is 0 Å². The summed E-state index contributed by atoms with van der Waals surface area (Å²) in [5, 5.41) is 3.61. The number of anilines is 1. The lowest BCUT2D eigenvalue weighted by atomic mass is 10.2. The zero-order valence-electron chi connectivity index (χ0n) is 12.5. The van der Waals surface area contributed by atoms with Crippen LogP contribution in [0.25, 0.3) is 11.0 Å². The van der Waals surface area contributed by atoms with Gasteiger partial charge >= 0.3 is 0 Å². The number of pyridine rings is 1. The Labute approximate surface area is 137 Å². The summed E-state index contributed by atoms with van der Waals surface area (Å²) in [4.78, 5) is 16.9. The van der Waals surface area contributed by atoms with Crippen LogP contribution in [0.2, 0.25) is 5.02 Å². The first-order valence-electron chi connectivity index (χ1n) is 7.30. The average molecular weight is 332 g/mol. The van der Waals surface area contributed by atoms with Crippen LogP contribution < -0.4 is 5.32 Å². The van der Waals surface area contributed by atoms with Crippen molar-refractivity contribution in [2.45, 2.75) is 19.9 Å². The Bertz CT molecular complexity index is 875. The van der Waals surface area contributed by atoms with E-state index in [1.54, 1.807) is 18.5 Å². The van der Waals surface area contributed by atoms with E-state index in [2.05, 4.69) is 17.2 Å². The third kappa shape index (κ3) is 3.05. The standard InChI is InChI=1S/C17H15ClFN3O/c1-2-8-22-10-13(12-4-3-7-20-16(12)22)17(23)21-15-6-5-11(18)9-14(15)19/h3-7,9-10H,2,8H2,1H3,(H,21,23). The molecule has 0 fully saturated rings. The van der Waals surface area contributed by atoms with Gasteiger partial charge in [-0.2, -0.15) is 0 Å². The van der Waals surface area contributed by atoms with Crippen LogP contribution in [0.1, 0.15) is 23.7 Å². The topological polar surface area (TPSA) is 46.9 Å². The predicted molar refractivity (Wildman–Crippen MR) is 89.4 cm³/mol. The second-order valence-corrected chi connectivity index (χ2v) is 5.63. The van der Waals surface area contributed by atoms with E-state index in [0.29, 0.717) is 5.56 Å². The van der Waals surface area contributed by atoms with Crippen molar-refractivity contribution in [3.63, 3.8) is 0 Å². The summed E-state index contributed by atoms with van der Waals surface area (Å²) in [7, 11) is 0. The number of benzene rings is 1. The quantitative estimate of drug-likeness (QED) is 0.765. The number of nitrogens with zero attached hydrogens (tertiary/aromatic N) is 2. The fourth-order valence-corrected chi connectivity index (χ4v) is 2.65. The first-order valence-corrected chi connectivity index (χ1v) is 7.68. The fraction of sp³-hybridized carbons (Fsp3) is 0.176. The van der Waals surface area contributed by atoms with Crippen LogP contribution in [-0.2, 0) is 6.54 Å². The van der Waals surface area contributed by atoms with Crippen molar-refractivity contribution in [3.05, 3.63) is 59.1 Å². The van der Waals surface area contributed by atoms with Crippen molar-refractivity contribution in [2.75, 3.05) is 5.32 Å². The van der Waals surface area contributed by atoms with Crippen molar-refractivity contribution >= 4 is 34.2 Å². The molecule has 0 aliphatic heterocycles. The zero-order chi connectivity index (χ0) is 16.4. The normalized spacial score (nSPS) is 10.9. The molecule has 23 heavy (non-hydrogen) atoms. The lowest BCUT2D eigenvalue weighted by molar-refractivity contribution is 0.102. The van der Waals surface area contributed by atoms with Gasteiger partial charge in [-0.3, -0.25) is 4.79 Å². The van der Waals surface area contributed by atoms with Gasteiger partial charge in [0, 0.05) is 29.3 Å². The summed E-state index contributed by atoms with van der Waals surface area (Å²) in [6, 6.07) is 7.75. The van der Waals surface area contributed by atoms with Crippen molar-refractivity contribution < 1.29 is 9.18 Å². The van der Waals surface area contributed by atoms with Crippen LogP contribution in [0.5, 0.6) is 0 Å². The molecule has 2 heterocycles. The van der Waals surface area contributed by atoms with Crippen molar-refractivity contribution in [3.8, 4) is 0 Å². The number of amides is 1. The van der Waals surface area contributed by atoms with Crippen LogP contribution in [0, 0.1) is 5.82 Å². The molecule has 0 aliphatic carbocycles. The molecule has 0 bridgehead atoms. The largest absolute Gasteiger partial charge is 0.332 e. The highest BCUT2D eigenvalue weighted by Crippen LogP contribution is 2.23. The minimum Gasteiger partial charge on any atom is -0.332 e. The van der Waals surface area contributed by atoms with Crippen LogP contribution in [0.15, 0.2) is 42.7 Å². The van der Waals surface area contributed by atoms with E-state index in [-0.39, 0.29) is 16.6 Å². The maximum atomic E-state index is 13.8. The molecule has 3 aromatic rings. The number of aryl methyl sites for hydroxylation is 1. The molecule has 0 atom stereocenters. The molecule has 1 amide bonds. The summed E-state index contributed by atoms with van der Waals surface area (Å²) in [5.74, 6) is -0.944. The molecule has 0 saturated heterocycles. The predicted octanol–water partition coefficient (Wildman–Crippen LogP) is 4.49. The van der Waals surface area contributed by atoms with Gasteiger partial charge in [0.05, 0.1) is 11.3 Å². The SMILES string of the molecule is CCCn1cc(C(=O)Nc2ccc(Cl)cc2F)c2cccnc21. The Hall–Kier alpha value is -2.40. The zero-order valence-corrected chi connectivity index (χ0v) is 13.3. The van der Waals surface area contributed by atoms with Gasteiger partial charge in [-0.1, -0.05) is 18.5 Å². The van der Waals surface area contributed by atoms with Gasteiger partial charge in [-0.05, 0) is 36.8 Å². The second kappa shape index (κ2) is 6.38. The van der Waals surface area contributed by atoms with Crippen LogP contribution >= 0.6 is 11.6 Å². The molecule has 2 aromatic heterocycles. The van der Waals surface area contributed by atoms with Gasteiger partial charge in [-0.25, -0.2) is 9.37 Å². The summed E-state index contributed by atoms with van der Waals surface area (Å²) in [6.07, 6.45) is 4.37. The lowest BCUT2D eigenvalue weighted by Crippen LogP contribution is -2.12. The summed E-state index contributed by atoms with van der Waals surface area (Å²) in [5.41, 5.74) is 1.31. The number of nitrogens with one attached hydrogen (secondary N) is 1. The van der Waals surface area contributed by atoms with E-state index >= 15 is 0 Å². The highest BCUT2D eigenvalue weighted by Gasteiger charge is 2.17. The Morgan fingerprint density at radius 2 is 2.22 bits per heavy atom. The van der Waals surface area contributed by atoms with E-state index < -0.39 is 5.82 Å². The Morgan fingerprint density at radius 3 is 2.96 bits per heavy atom. The number of carbonyl (C=O) groups is 1. The van der Waals surface area contributed by atoms with E-state index in [4.69, 9.17) is 11.6 Å². The highest BCUT2D eigenvalue weighted by atomic mass is 35.5. The molecular weight excluding hydrogens is 317 g/mol. The Morgan fingerprint density at radius 1 is 1.39 bits per heavy atom. The van der Waals surface area contributed by atoms with Crippen molar-refractivity contribution in [1.29, 1.82) is 0 Å². The van der Waals surface area contributed by atoms with E-state index in [1.165, 1.54) is 18.2 Å². The molecule has 6 heteroatoms. The number of halogens is 2. The maximum Gasteiger partial charge on any atom is 0.257 e. The number of fused-ring (bicyclic) bond motifs is 1. The average Bonchev–Trinajstić information content (AvgIpc) is 2.90. The van der Waals surface area contributed by atoms with Gasteiger partial charge in [0.15, 0.2) is 0 Å². The van der Waals surface area contributed by atoms with Crippen LogP contribution in [0.3, 0.4) is 0 Å². The Balaban J connectivity index is 1.97. The number of hydrogen-bond donors (Lipinski definition) is 1. The number of carbonyl (C=O) groups excluding carboxylic acids is 1. The minimum absolute atomic E-state index is 0.0969. The van der Waals surface area contributed by atoms with E-state index in [0.717, 1.165) is 24.0 Å². The third-order valence-corrected chi connectivity index (χ3v) is 3.76. The molecular formula is C17H15ClFN3O. The van der Waals surface area contributed by atoms with E-state index in [9.17, 15) is 9.18 Å². The molecule has 0 saturated carbocycles. The van der Waals surface area contributed by atoms with Crippen molar-refractivity contribution in [1.82, 2.24) is 9.55 Å². The molecule has 1 aromatic carbocycles. The fourth-order valence-electron chi connectivity index (χ4n) is 2.50. The minimum atomic E-state index is -0.568. The third-order valence-electron chi connectivity index (χ3n) is 3.52. The number of hydrogen-bond acceptors (Lipinski definition) is 2. The maximum absolute atomic E-state index is 13.8. The first kappa shape index (κ1) is 15.5. The molecule has 1 N–H and O–H groups in total. The van der Waals surface area contributed by atoms with Gasteiger partial charge in [0.2, 0.25) is 0 Å². The van der Waals surface area contributed by atoms with Gasteiger partial charge < -0.3 is 9.88 Å². The summed E-state index contributed by atoms with van der Waals surface area (Å²) >= 11 is 5.72. The summed E-state index contributed by atoms with van der Waals surface area (Å²) in [6.45, 7) is 2.81. The van der Waals surface area contributed by atoms with Gasteiger partial charge in [0.25, 0.3) is 5.91 Å². The Kier molecular flexibility index (Phi) is 4.30. The summed E-state index contributed by atoms with van der Waals surface area (Å²) < 4.78 is 15.8. The monoisotopic (exact) mass is 331 g/mol. The highest BCUT2D eigenvalue weighted by molar-refractivity contribution is 6.30. The number of aromatic nitrogens is 2. The van der Waals surface area contributed by atoms with Crippen LogP contribution in [-0.4, -0.2) is 15.5 Å². The molecule has 0 spiro atoms. The first-order chi connectivity index (χ1) is 11.1. The second-order valence-electron chi connectivity index (χ2n) is 5.19. The smallest absolute Gasteiger partial charge is 0.257 e. The van der Waals surface area contributed by atoms with Gasteiger partial charge in [0.1, 0.15) is 11.5 Å². The molecule has 0 unspecified atom stereocenters. The molecule has 118 valence electrons. The molecule has 0 radical (unpaired) electrons. The lowest BCUT2D eigenvalue weighted by Gasteiger charge is -2.05.